The first-order valence-electron chi connectivity index (χ1n) is 6.67. The van der Waals surface area contributed by atoms with Gasteiger partial charge < -0.3 is 0 Å². The third kappa shape index (κ3) is 2.47. The second-order valence-electron chi connectivity index (χ2n) is 4.86. The summed E-state index contributed by atoms with van der Waals surface area (Å²) in [5.74, 6) is 0.541. The number of hydrogen-bond donors (Lipinski definition) is 0. The molecule has 4 rings (SSSR count). The molecule has 0 spiro atoms. The van der Waals surface area contributed by atoms with Gasteiger partial charge >= 0.3 is 0 Å². The number of fused-ring (bicyclic) bond motifs is 1. The second kappa shape index (κ2) is 5.53. The Kier molecular flexibility index (Phi) is 3.52. The summed E-state index contributed by atoms with van der Waals surface area (Å²) >= 11 is 9.15. The van der Waals surface area contributed by atoms with Crippen LogP contribution in [0.1, 0.15) is 21.3 Å². The fourth-order valence-electron chi connectivity index (χ4n) is 2.30. The van der Waals surface area contributed by atoms with E-state index in [2.05, 4.69) is 16.1 Å². The van der Waals surface area contributed by atoms with E-state index in [0.29, 0.717) is 22.4 Å². The van der Waals surface area contributed by atoms with Crippen LogP contribution in [-0.2, 0) is 0 Å². The van der Waals surface area contributed by atoms with Crippen molar-refractivity contribution in [3.8, 4) is 11.4 Å². The lowest BCUT2D eigenvalue weighted by Crippen LogP contribution is -2.20. The summed E-state index contributed by atoms with van der Waals surface area (Å²) in [7, 11) is 0. The number of rotatable bonds is 2. The summed E-state index contributed by atoms with van der Waals surface area (Å²) < 4.78 is 1.42. The molecule has 0 aliphatic carbocycles. The number of thiophene rings is 1. The number of thioether (sulfide) groups is 1. The van der Waals surface area contributed by atoms with Crippen molar-refractivity contribution in [3.05, 3.63) is 51.7 Å². The largest absolute Gasteiger partial charge is 0.272 e. The molecule has 22 heavy (non-hydrogen) atoms. The van der Waals surface area contributed by atoms with E-state index in [4.69, 9.17) is 11.6 Å². The lowest BCUT2D eigenvalue weighted by atomic mass is 10.2. The van der Waals surface area contributed by atoms with Crippen molar-refractivity contribution in [2.24, 2.45) is 0 Å². The quantitative estimate of drug-likeness (QED) is 0.683. The molecule has 1 aliphatic rings. The van der Waals surface area contributed by atoms with Gasteiger partial charge in [-0.3, -0.25) is 4.79 Å². The van der Waals surface area contributed by atoms with E-state index in [-0.39, 0.29) is 11.2 Å². The molecule has 110 valence electrons. The molecule has 0 N–H and O–H groups in total. The lowest BCUT2D eigenvalue weighted by molar-refractivity contribution is 0.0868. The van der Waals surface area contributed by atoms with Crippen LogP contribution in [0.3, 0.4) is 0 Å². The van der Waals surface area contributed by atoms with Crippen LogP contribution in [-0.4, -0.2) is 20.7 Å². The van der Waals surface area contributed by atoms with Gasteiger partial charge in [-0.25, -0.2) is 4.98 Å². The summed E-state index contributed by atoms with van der Waals surface area (Å²) in [6.45, 7) is 0. The van der Waals surface area contributed by atoms with Crippen LogP contribution < -0.4 is 0 Å². The van der Waals surface area contributed by atoms with Gasteiger partial charge in [0.1, 0.15) is 0 Å². The SMILES string of the molecule is O=C1C[C@H](c2cccs2)Sc2nc(-c3ccc(Cl)cc3)nn21. The molecular formula is C15H10ClN3OS2. The number of aromatic nitrogens is 3. The van der Waals surface area contributed by atoms with Crippen LogP contribution in [0.15, 0.2) is 46.9 Å². The van der Waals surface area contributed by atoms with E-state index < -0.39 is 0 Å². The maximum absolute atomic E-state index is 12.3. The van der Waals surface area contributed by atoms with E-state index in [1.807, 2.05) is 23.6 Å². The van der Waals surface area contributed by atoms with E-state index in [1.54, 1.807) is 35.2 Å². The Morgan fingerprint density at radius 2 is 2.05 bits per heavy atom. The normalized spacial score (nSPS) is 17.5. The third-order valence-electron chi connectivity index (χ3n) is 3.38. The number of carbonyl (C=O) groups excluding carboxylic acids is 1. The molecule has 0 saturated carbocycles. The second-order valence-corrected chi connectivity index (χ2v) is 7.44. The zero-order valence-corrected chi connectivity index (χ0v) is 13.7. The summed E-state index contributed by atoms with van der Waals surface area (Å²) in [4.78, 5) is 18.0. The van der Waals surface area contributed by atoms with Crippen molar-refractivity contribution in [2.75, 3.05) is 0 Å². The molecule has 3 heterocycles. The molecule has 0 amide bonds. The van der Waals surface area contributed by atoms with Crippen molar-refractivity contribution >= 4 is 40.6 Å². The maximum Gasteiger partial charge on any atom is 0.250 e. The average molecular weight is 348 g/mol. The molecule has 0 unspecified atom stereocenters. The highest BCUT2D eigenvalue weighted by molar-refractivity contribution is 7.99. The van der Waals surface area contributed by atoms with Gasteiger partial charge in [0.2, 0.25) is 0 Å². The molecule has 3 aromatic rings. The Bertz CT molecular complexity index is 827. The van der Waals surface area contributed by atoms with Crippen LogP contribution in [0.2, 0.25) is 5.02 Å². The lowest BCUT2D eigenvalue weighted by Gasteiger charge is -2.18. The van der Waals surface area contributed by atoms with Crippen molar-refractivity contribution in [3.63, 3.8) is 0 Å². The van der Waals surface area contributed by atoms with E-state index in [9.17, 15) is 4.79 Å². The molecule has 0 fully saturated rings. The molecular weight excluding hydrogens is 338 g/mol. The number of halogens is 1. The fraction of sp³-hybridized carbons (Fsp3) is 0.133. The molecule has 2 aromatic heterocycles. The molecule has 0 bridgehead atoms. The molecule has 1 atom stereocenters. The van der Waals surface area contributed by atoms with Crippen molar-refractivity contribution in [2.45, 2.75) is 16.8 Å². The fourth-order valence-corrected chi connectivity index (χ4v) is 4.51. The third-order valence-corrected chi connectivity index (χ3v) is 5.95. The number of hydrogen-bond acceptors (Lipinski definition) is 5. The summed E-state index contributed by atoms with van der Waals surface area (Å²) in [6.07, 6.45) is 0.446. The smallest absolute Gasteiger partial charge is 0.250 e. The minimum absolute atomic E-state index is 0.0140. The van der Waals surface area contributed by atoms with Crippen molar-refractivity contribution < 1.29 is 4.79 Å². The molecule has 4 nitrogen and oxygen atoms in total. The Hall–Kier alpha value is -1.63. The zero-order chi connectivity index (χ0) is 15.1. The Balaban J connectivity index is 1.69. The number of benzene rings is 1. The highest BCUT2D eigenvalue weighted by Gasteiger charge is 2.30. The zero-order valence-electron chi connectivity index (χ0n) is 11.3. The topological polar surface area (TPSA) is 47.8 Å². The molecule has 1 aliphatic heterocycles. The van der Waals surface area contributed by atoms with Gasteiger partial charge in [-0.2, -0.15) is 4.68 Å². The Labute approximate surface area is 140 Å². The van der Waals surface area contributed by atoms with Gasteiger partial charge in [0.25, 0.3) is 5.91 Å². The van der Waals surface area contributed by atoms with E-state index >= 15 is 0 Å². The molecule has 7 heteroatoms. The van der Waals surface area contributed by atoms with Crippen LogP contribution in [0.25, 0.3) is 11.4 Å². The predicted octanol–water partition coefficient (Wildman–Crippen LogP) is 4.54. The van der Waals surface area contributed by atoms with Crippen LogP contribution >= 0.6 is 34.7 Å². The molecule has 1 aromatic carbocycles. The Morgan fingerprint density at radius 1 is 1.23 bits per heavy atom. The highest BCUT2D eigenvalue weighted by Crippen LogP contribution is 2.43. The summed E-state index contributed by atoms with van der Waals surface area (Å²) in [5.41, 5.74) is 0.854. The van der Waals surface area contributed by atoms with Crippen molar-refractivity contribution in [1.29, 1.82) is 0 Å². The van der Waals surface area contributed by atoms with Gasteiger partial charge in [0.15, 0.2) is 11.0 Å². The van der Waals surface area contributed by atoms with Gasteiger partial charge in [0.05, 0.1) is 5.25 Å². The first-order valence-corrected chi connectivity index (χ1v) is 8.81. The van der Waals surface area contributed by atoms with Gasteiger partial charge in [-0.05, 0) is 35.7 Å². The Morgan fingerprint density at radius 3 is 2.77 bits per heavy atom. The van der Waals surface area contributed by atoms with Crippen LogP contribution in [0.5, 0.6) is 0 Å². The standard InChI is InChI=1S/C15H10ClN3OS2/c16-10-5-3-9(4-6-10)14-17-15-19(18-14)13(20)8-12(22-15)11-2-1-7-21-11/h1-7,12H,8H2/t12-/m1/s1. The van der Waals surface area contributed by atoms with Gasteiger partial charge in [-0.15, -0.1) is 16.4 Å². The number of carbonyl (C=O) groups is 1. The summed E-state index contributed by atoms with van der Waals surface area (Å²) in [6, 6.07) is 11.4. The first-order chi connectivity index (χ1) is 10.7. The van der Waals surface area contributed by atoms with Gasteiger partial charge in [-0.1, -0.05) is 29.4 Å². The first kappa shape index (κ1) is 14.0. The minimum Gasteiger partial charge on any atom is -0.272 e. The maximum atomic E-state index is 12.3. The monoisotopic (exact) mass is 347 g/mol. The number of nitrogens with zero attached hydrogens (tertiary/aromatic N) is 3. The van der Waals surface area contributed by atoms with Crippen LogP contribution in [0.4, 0.5) is 0 Å². The predicted molar refractivity (Wildman–Crippen MR) is 88.6 cm³/mol. The highest BCUT2D eigenvalue weighted by atomic mass is 35.5. The van der Waals surface area contributed by atoms with E-state index in [1.165, 1.54) is 9.56 Å². The van der Waals surface area contributed by atoms with Gasteiger partial charge in [0, 0.05) is 21.9 Å². The average Bonchev–Trinajstić information content (AvgIpc) is 3.17. The minimum atomic E-state index is -0.0140. The molecule has 0 radical (unpaired) electrons. The summed E-state index contributed by atoms with van der Waals surface area (Å²) in [5, 5.41) is 7.81. The van der Waals surface area contributed by atoms with Crippen molar-refractivity contribution in [1.82, 2.24) is 14.8 Å². The van der Waals surface area contributed by atoms with E-state index in [0.717, 1.165) is 5.56 Å². The molecule has 0 saturated heterocycles. The van der Waals surface area contributed by atoms with Crippen LogP contribution in [0, 0.1) is 0 Å².